The third kappa shape index (κ3) is 2.71. The molecule has 2 aromatic rings. The molecule has 0 aliphatic heterocycles. The van der Waals surface area contributed by atoms with Gasteiger partial charge >= 0.3 is 0 Å². The van der Waals surface area contributed by atoms with E-state index in [1.807, 2.05) is 17.5 Å². The van der Waals surface area contributed by atoms with E-state index in [4.69, 9.17) is 34.8 Å². The second-order valence-corrected chi connectivity index (χ2v) is 5.57. The van der Waals surface area contributed by atoms with E-state index in [9.17, 15) is 5.26 Å². The Morgan fingerprint density at radius 2 is 2.00 bits per heavy atom. The van der Waals surface area contributed by atoms with Gasteiger partial charge in [-0.1, -0.05) is 40.9 Å². The summed E-state index contributed by atoms with van der Waals surface area (Å²) in [5.41, 5.74) is 0.964. The first-order valence-electron chi connectivity index (χ1n) is 4.92. The van der Waals surface area contributed by atoms with Gasteiger partial charge in [-0.15, -0.1) is 11.3 Å². The van der Waals surface area contributed by atoms with Crippen LogP contribution in [0.4, 0.5) is 0 Å². The van der Waals surface area contributed by atoms with Crippen LogP contribution in [-0.4, -0.2) is 0 Å². The molecule has 0 saturated carbocycles. The highest BCUT2D eigenvalue weighted by atomic mass is 35.5. The molecule has 1 nitrogen and oxygen atoms in total. The highest BCUT2D eigenvalue weighted by Gasteiger charge is 2.13. The number of hydrogen-bond donors (Lipinski definition) is 0. The molecule has 0 spiro atoms. The maximum atomic E-state index is 9.23. The van der Waals surface area contributed by atoms with Gasteiger partial charge in [0.05, 0.1) is 10.6 Å². The summed E-state index contributed by atoms with van der Waals surface area (Å²) < 4.78 is 0. The van der Waals surface area contributed by atoms with Crippen LogP contribution in [0.2, 0.25) is 10.0 Å². The molecular formula is C13H6Cl3NS. The van der Waals surface area contributed by atoms with E-state index in [2.05, 4.69) is 6.07 Å². The fourth-order valence-electron chi connectivity index (χ4n) is 1.43. The van der Waals surface area contributed by atoms with Crippen molar-refractivity contribution in [1.82, 2.24) is 0 Å². The van der Waals surface area contributed by atoms with Gasteiger partial charge in [-0.25, -0.2) is 0 Å². The zero-order valence-corrected chi connectivity index (χ0v) is 12.0. The molecule has 1 aromatic heterocycles. The first-order valence-corrected chi connectivity index (χ1v) is 6.94. The summed E-state index contributed by atoms with van der Waals surface area (Å²) in [4.78, 5) is 0.804. The average Bonchev–Trinajstić information content (AvgIpc) is 2.87. The Morgan fingerprint density at radius 1 is 1.22 bits per heavy atom. The van der Waals surface area contributed by atoms with Gasteiger partial charge in [0.1, 0.15) is 6.07 Å². The van der Waals surface area contributed by atoms with Crippen molar-refractivity contribution in [2.24, 2.45) is 0 Å². The number of allylic oxidation sites excluding steroid dienone is 1. The van der Waals surface area contributed by atoms with Gasteiger partial charge in [0, 0.05) is 20.5 Å². The van der Waals surface area contributed by atoms with E-state index in [0.717, 1.165) is 4.88 Å². The molecule has 0 bridgehead atoms. The predicted molar refractivity (Wildman–Crippen MR) is 79.1 cm³/mol. The summed E-state index contributed by atoms with van der Waals surface area (Å²) in [5.74, 6) is 0. The van der Waals surface area contributed by atoms with Crippen molar-refractivity contribution in [3.05, 3.63) is 56.2 Å². The molecule has 0 unspecified atom stereocenters. The number of halogens is 3. The van der Waals surface area contributed by atoms with E-state index >= 15 is 0 Å². The number of nitrogens with zero attached hydrogens (tertiary/aromatic N) is 1. The van der Waals surface area contributed by atoms with Crippen LogP contribution in [0.25, 0.3) is 10.6 Å². The molecule has 5 heteroatoms. The number of hydrogen-bond acceptors (Lipinski definition) is 2. The van der Waals surface area contributed by atoms with Gasteiger partial charge in [-0.2, -0.15) is 5.26 Å². The van der Waals surface area contributed by atoms with Crippen molar-refractivity contribution in [1.29, 1.82) is 5.26 Å². The van der Waals surface area contributed by atoms with E-state index < -0.39 is 0 Å². The van der Waals surface area contributed by atoms with E-state index in [0.29, 0.717) is 26.2 Å². The van der Waals surface area contributed by atoms with Crippen molar-refractivity contribution >= 4 is 56.7 Å². The summed E-state index contributed by atoms with van der Waals surface area (Å²) >= 11 is 19.7. The third-order valence-electron chi connectivity index (χ3n) is 2.26. The van der Waals surface area contributed by atoms with Crippen LogP contribution in [0.1, 0.15) is 10.4 Å². The van der Waals surface area contributed by atoms with Gasteiger partial charge in [0.25, 0.3) is 0 Å². The lowest BCUT2D eigenvalue weighted by atomic mass is 10.1. The number of benzene rings is 1. The molecule has 1 aromatic carbocycles. The zero-order chi connectivity index (χ0) is 13.1. The Hall–Kier alpha value is -0.980. The smallest absolute Gasteiger partial charge is 0.102 e. The van der Waals surface area contributed by atoms with Crippen LogP contribution in [-0.2, 0) is 0 Å². The molecule has 18 heavy (non-hydrogen) atoms. The Bertz CT molecular complexity index is 639. The third-order valence-corrected chi connectivity index (χ3v) is 4.11. The number of thiophene rings is 1. The number of rotatable bonds is 2. The molecule has 0 fully saturated rings. The predicted octanol–water partition coefficient (Wildman–Crippen LogP) is 5.69. The van der Waals surface area contributed by atoms with Gasteiger partial charge < -0.3 is 0 Å². The fraction of sp³-hybridized carbons (Fsp3) is 0. The highest BCUT2D eigenvalue weighted by Crippen LogP contribution is 2.36. The van der Waals surface area contributed by atoms with Gasteiger partial charge in [-0.3, -0.25) is 0 Å². The SMILES string of the molecule is N#C/C(=C(/Cl)c1cc(Cl)ccc1Cl)c1cccs1. The molecule has 1 heterocycles. The minimum absolute atomic E-state index is 0.312. The van der Waals surface area contributed by atoms with E-state index in [1.165, 1.54) is 11.3 Å². The molecule has 0 amide bonds. The minimum Gasteiger partial charge on any atom is -0.192 e. The standard InChI is InChI=1S/C13H6Cl3NS/c14-8-3-4-11(15)9(6-8)13(16)10(7-17)12-2-1-5-18-12/h1-6H/b13-10-. The highest BCUT2D eigenvalue weighted by molar-refractivity contribution is 7.11. The Kier molecular flexibility index (Phi) is 4.31. The maximum absolute atomic E-state index is 9.23. The Labute approximate surface area is 124 Å². The summed E-state index contributed by atoms with van der Waals surface area (Å²) in [7, 11) is 0. The second-order valence-electron chi connectivity index (χ2n) is 3.40. The van der Waals surface area contributed by atoms with E-state index in [1.54, 1.807) is 18.2 Å². The largest absolute Gasteiger partial charge is 0.192 e. The Morgan fingerprint density at radius 3 is 2.61 bits per heavy atom. The molecule has 2 rings (SSSR count). The van der Waals surface area contributed by atoms with Gasteiger partial charge in [0.15, 0.2) is 0 Å². The van der Waals surface area contributed by atoms with Crippen molar-refractivity contribution in [2.75, 3.05) is 0 Å². The summed E-state index contributed by atoms with van der Waals surface area (Å²) in [5, 5.41) is 12.4. The van der Waals surface area contributed by atoms with Crippen LogP contribution in [0.3, 0.4) is 0 Å². The summed E-state index contributed by atoms with van der Waals surface area (Å²) in [6.45, 7) is 0. The van der Waals surface area contributed by atoms with Crippen molar-refractivity contribution < 1.29 is 0 Å². The van der Waals surface area contributed by atoms with Crippen molar-refractivity contribution in [2.45, 2.75) is 0 Å². The van der Waals surface area contributed by atoms with Crippen LogP contribution >= 0.6 is 46.1 Å². The Balaban J connectivity index is 2.62. The molecule has 0 aliphatic carbocycles. The first-order chi connectivity index (χ1) is 8.63. The maximum Gasteiger partial charge on any atom is 0.102 e. The summed E-state index contributed by atoms with van der Waals surface area (Å²) in [6, 6.07) is 10.8. The van der Waals surface area contributed by atoms with Crippen LogP contribution in [0.5, 0.6) is 0 Å². The number of nitriles is 1. The lowest BCUT2D eigenvalue weighted by molar-refractivity contribution is 1.54. The first kappa shape index (κ1) is 13.5. The van der Waals surface area contributed by atoms with E-state index in [-0.39, 0.29) is 0 Å². The molecule has 0 radical (unpaired) electrons. The van der Waals surface area contributed by atoms with Crippen LogP contribution in [0, 0.1) is 11.3 Å². The van der Waals surface area contributed by atoms with Crippen LogP contribution in [0.15, 0.2) is 35.7 Å². The topological polar surface area (TPSA) is 23.8 Å². The molecule has 0 aliphatic rings. The molecule has 0 atom stereocenters. The fourth-order valence-corrected chi connectivity index (χ4v) is 2.95. The molecule has 0 N–H and O–H groups in total. The molecule has 90 valence electrons. The average molecular weight is 315 g/mol. The van der Waals surface area contributed by atoms with Gasteiger partial charge in [-0.05, 0) is 29.6 Å². The normalized spacial score (nSPS) is 11.9. The van der Waals surface area contributed by atoms with Gasteiger partial charge in [0.2, 0.25) is 0 Å². The molecular weight excluding hydrogens is 309 g/mol. The second kappa shape index (κ2) is 5.77. The van der Waals surface area contributed by atoms with Crippen molar-refractivity contribution in [3.63, 3.8) is 0 Å². The monoisotopic (exact) mass is 313 g/mol. The molecule has 0 saturated heterocycles. The summed E-state index contributed by atoms with van der Waals surface area (Å²) in [6.07, 6.45) is 0. The zero-order valence-electron chi connectivity index (χ0n) is 8.95. The minimum atomic E-state index is 0.312. The van der Waals surface area contributed by atoms with Crippen LogP contribution < -0.4 is 0 Å². The lowest BCUT2D eigenvalue weighted by Crippen LogP contribution is -1.85. The lowest BCUT2D eigenvalue weighted by Gasteiger charge is -2.05. The van der Waals surface area contributed by atoms with Crippen molar-refractivity contribution in [3.8, 4) is 6.07 Å². The quantitative estimate of drug-likeness (QED) is 0.654.